The molecule has 0 unspecified atom stereocenters. The van der Waals surface area contributed by atoms with Crippen molar-refractivity contribution in [3.8, 4) is 11.6 Å². The van der Waals surface area contributed by atoms with Crippen molar-refractivity contribution in [3.05, 3.63) is 29.8 Å². The summed E-state index contributed by atoms with van der Waals surface area (Å²) in [4.78, 5) is 3.98. The molecule has 0 radical (unpaired) electrons. The quantitative estimate of drug-likeness (QED) is 0.711. The van der Waals surface area contributed by atoms with E-state index in [-0.39, 0.29) is 22.8 Å². The first-order chi connectivity index (χ1) is 8.93. The lowest BCUT2D eigenvalue weighted by molar-refractivity contribution is -0.137. The van der Waals surface area contributed by atoms with Crippen LogP contribution in [0.4, 0.5) is 19.0 Å². The molecule has 0 aliphatic heterocycles. The Labute approximate surface area is 104 Å². The van der Waals surface area contributed by atoms with E-state index < -0.39 is 11.7 Å². The Morgan fingerprint density at radius 3 is 2.63 bits per heavy atom. The summed E-state index contributed by atoms with van der Waals surface area (Å²) in [5.41, 5.74) is 5.45. The number of nitrogen functional groups attached to an aromatic ring is 1. The number of hydrogen-bond acceptors (Lipinski definition) is 4. The number of hydrogen-bond donors (Lipinski definition) is 2. The highest BCUT2D eigenvalue weighted by molar-refractivity contribution is 5.76. The van der Waals surface area contributed by atoms with Crippen LogP contribution in [0.3, 0.4) is 0 Å². The van der Waals surface area contributed by atoms with Crippen molar-refractivity contribution in [1.29, 1.82) is 0 Å². The first-order valence-electron chi connectivity index (χ1n) is 5.22. The summed E-state index contributed by atoms with van der Waals surface area (Å²) in [6.45, 7) is 0. The van der Waals surface area contributed by atoms with Crippen LogP contribution in [0.1, 0.15) is 5.56 Å². The Hall–Kier alpha value is -2.51. The number of anilines is 1. The summed E-state index contributed by atoms with van der Waals surface area (Å²) in [5.74, 6) is 0.381. The van der Waals surface area contributed by atoms with Gasteiger partial charge < -0.3 is 10.2 Å². The van der Waals surface area contributed by atoms with Gasteiger partial charge in [0.15, 0.2) is 5.58 Å². The van der Waals surface area contributed by atoms with Crippen LogP contribution in [0.5, 0.6) is 0 Å². The fourth-order valence-corrected chi connectivity index (χ4v) is 1.67. The summed E-state index contributed by atoms with van der Waals surface area (Å²) in [7, 11) is 0. The number of alkyl halides is 3. The number of rotatable bonds is 1. The highest BCUT2D eigenvalue weighted by Crippen LogP contribution is 2.32. The third-order valence-electron chi connectivity index (χ3n) is 2.54. The number of H-pyrrole nitrogens is 1. The van der Waals surface area contributed by atoms with Crippen LogP contribution < -0.4 is 5.73 Å². The second-order valence-electron chi connectivity index (χ2n) is 3.91. The minimum atomic E-state index is -4.41. The van der Waals surface area contributed by atoms with Crippen molar-refractivity contribution < 1.29 is 17.6 Å². The second kappa shape index (κ2) is 3.74. The number of fused-ring (bicyclic) bond motifs is 1. The lowest BCUT2D eigenvalue weighted by Gasteiger charge is -2.04. The van der Waals surface area contributed by atoms with E-state index >= 15 is 0 Å². The summed E-state index contributed by atoms with van der Waals surface area (Å²) in [6, 6.07) is 4.59. The Balaban J connectivity index is 2.11. The van der Waals surface area contributed by atoms with E-state index in [1.54, 1.807) is 0 Å². The molecule has 2 aromatic heterocycles. The lowest BCUT2D eigenvalue weighted by Crippen LogP contribution is -2.03. The van der Waals surface area contributed by atoms with Gasteiger partial charge >= 0.3 is 6.18 Å². The predicted octanol–water partition coefficient (Wildman–Crippen LogP) is 2.82. The molecule has 1 aromatic carbocycles. The molecule has 0 amide bonds. The first-order valence-corrected chi connectivity index (χ1v) is 5.22. The first kappa shape index (κ1) is 11.6. The van der Waals surface area contributed by atoms with E-state index in [0.29, 0.717) is 5.69 Å². The molecule has 3 N–H and O–H groups in total. The molecule has 0 saturated heterocycles. The molecule has 2 heterocycles. The number of nitrogens with one attached hydrogen (secondary N) is 1. The largest absolute Gasteiger partial charge is 0.435 e. The molecule has 5 nitrogen and oxygen atoms in total. The maximum absolute atomic E-state index is 12.6. The van der Waals surface area contributed by atoms with Crippen LogP contribution in [0.25, 0.3) is 22.7 Å². The van der Waals surface area contributed by atoms with Crippen molar-refractivity contribution in [2.45, 2.75) is 6.18 Å². The topological polar surface area (TPSA) is 80.7 Å². The maximum atomic E-state index is 12.6. The molecular weight excluding hydrogens is 261 g/mol. The number of nitrogens with two attached hydrogens (primary N) is 1. The summed E-state index contributed by atoms with van der Waals surface area (Å²) < 4.78 is 43.0. The Kier molecular flexibility index (Phi) is 2.28. The van der Waals surface area contributed by atoms with Gasteiger partial charge in [0, 0.05) is 6.07 Å². The highest BCUT2D eigenvalue weighted by Gasteiger charge is 2.31. The third kappa shape index (κ3) is 2.01. The van der Waals surface area contributed by atoms with Gasteiger partial charge in [0.2, 0.25) is 5.89 Å². The molecule has 0 aliphatic rings. The molecular formula is C11H7F3N4O. The monoisotopic (exact) mass is 268 g/mol. The van der Waals surface area contributed by atoms with Crippen LogP contribution in [-0.2, 0) is 6.18 Å². The van der Waals surface area contributed by atoms with Crippen LogP contribution in [0.2, 0.25) is 0 Å². The summed E-state index contributed by atoms with van der Waals surface area (Å²) in [5, 5.41) is 6.27. The Morgan fingerprint density at radius 2 is 2.00 bits per heavy atom. The van der Waals surface area contributed by atoms with Gasteiger partial charge in [0.1, 0.15) is 17.0 Å². The lowest BCUT2D eigenvalue weighted by atomic mass is 10.2. The average molecular weight is 268 g/mol. The SMILES string of the molecule is Nc1cc(-c2nc3cc(C(F)(F)F)ccc3o2)[nH]n1. The number of nitrogens with zero attached hydrogens (tertiary/aromatic N) is 2. The van der Waals surface area contributed by atoms with E-state index in [2.05, 4.69) is 15.2 Å². The molecule has 0 bridgehead atoms. The van der Waals surface area contributed by atoms with Crippen LogP contribution in [-0.4, -0.2) is 15.2 Å². The number of aromatic amines is 1. The van der Waals surface area contributed by atoms with E-state index in [1.807, 2.05) is 0 Å². The fourth-order valence-electron chi connectivity index (χ4n) is 1.67. The Morgan fingerprint density at radius 1 is 1.21 bits per heavy atom. The molecule has 0 aliphatic carbocycles. The van der Waals surface area contributed by atoms with Crippen molar-refractivity contribution in [3.63, 3.8) is 0 Å². The smallest absolute Gasteiger partial charge is 0.416 e. The molecule has 3 rings (SSSR count). The van der Waals surface area contributed by atoms with Crippen LogP contribution in [0.15, 0.2) is 28.7 Å². The van der Waals surface area contributed by atoms with Crippen molar-refractivity contribution in [2.24, 2.45) is 0 Å². The summed E-state index contributed by atoms with van der Waals surface area (Å²) >= 11 is 0. The fraction of sp³-hybridized carbons (Fsp3) is 0.0909. The molecule has 0 atom stereocenters. The van der Waals surface area contributed by atoms with Crippen LogP contribution in [0, 0.1) is 0 Å². The van der Waals surface area contributed by atoms with E-state index in [1.165, 1.54) is 12.1 Å². The molecule has 0 fully saturated rings. The molecule has 19 heavy (non-hydrogen) atoms. The average Bonchev–Trinajstić information content (AvgIpc) is 2.92. The molecule has 0 saturated carbocycles. The summed E-state index contributed by atoms with van der Waals surface area (Å²) in [6.07, 6.45) is -4.41. The predicted molar refractivity (Wildman–Crippen MR) is 61.0 cm³/mol. The van der Waals surface area contributed by atoms with Gasteiger partial charge in [-0.1, -0.05) is 0 Å². The highest BCUT2D eigenvalue weighted by atomic mass is 19.4. The van der Waals surface area contributed by atoms with Crippen molar-refractivity contribution in [1.82, 2.24) is 15.2 Å². The zero-order chi connectivity index (χ0) is 13.6. The van der Waals surface area contributed by atoms with Gasteiger partial charge in [-0.25, -0.2) is 4.98 Å². The van der Waals surface area contributed by atoms with Gasteiger partial charge in [-0.2, -0.15) is 18.3 Å². The second-order valence-corrected chi connectivity index (χ2v) is 3.91. The van der Waals surface area contributed by atoms with Gasteiger partial charge in [0.25, 0.3) is 0 Å². The maximum Gasteiger partial charge on any atom is 0.416 e. The molecule has 3 aromatic rings. The number of oxazole rings is 1. The van der Waals surface area contributed by atoms with Gasteiger partial charge in [-0.15, -0.1) is 0 Å². The number of halogens is 3. The van der Waals surface area contributed by atoms with E-state index in [9.17, 15) is 13.2 Å². The zero-order valence-electron chi connectivity index (χ0n) is 9.32. The minimum absolute atomic E-state index is 0.123. The normalized spacial score (nSPS) is 12.2. The van der Waals surface area contributed by atoms with Crippen molar-refractivity contribution >= 4 is 16.9 Å². The van der Waals surface area contributed by atoms with Crippen molar-refractivity contribution in [2.75, 3.05) is 5.73 Å². The molecule has 0 spiro atoms. The number of aromatic nitrogens is 3. The van der Waals surface area contributed by atoms with Crippen LogP contribution >= 0.6 is 0 Å². The van der Waals surface area contributed by atoms with Gasteiger partial charge in [-0.05, 0) is 18.2 Å². The Bertz CT molecular complexity index is 744. The third-order valence-corrected chi connectivity index (χ3v) is 2.54. The van der Waals surface area contributed by atoms with Gasteiger partial charge in [0.05, 0.1) is 5.56 Å². The van der Waals surface area contributed by atoms with Gasteiger partial charge in [-0.3, -0.25) is 5.10 Å². The molecule has 8 heteroatoms. The standard InChI is InChI=1S/C11H7F3N4O/c12-11(13,14)5-1-2-8-6(3-5)16-10(19-8)7-4-9(15)18-17-7/h1-4H,(H3,15,17,18). The minimum Gasteiger partial charge on any atom is -0.435 e. The number of benzene rings is 1. The van der Waals surface area contributed by atoms with E-state index in [4.69, 9.17) is 10.2 Å². The molecule has 98 valence electrons. The van der Waals surface area contributed by atoms with E-state index in [0.717, 1.165) is 12.1 Å². The zero-order valence-corrected chi connectivity index (χ0v) is 9.32.